The van der Waals surface area contributed by atoms with E-state index in [0.29, 0.717) is 0 Å². The second kappa shape index (κ2) is 7.80. The van der Waals surface area contributed by atoms with Crippen LogP contribution >= 0.6 is 15.9 Å². The van der Waals surface area contributed by atoms with E-state index in [1.165, 1.54) is 19.6 Å². The van der Waals surface area contributed by atoms with Crippen molar-refractivity contribution in [2.45, 2.75) is 12.3 Å². The number of ether oxygens (including phenoxy) is 1. The summed E-state index contributed by atoms with van der Waals surface area (Å²) in [5, 5.41) is 0.952. The zero-order valence-corrected chi connectivity index (χ0v) is 9.37. The monoisotopic (exact) mass is 244 g/mol. The predicted octanol–water partition coefficient (Wildman–Crippen LogP) is 2.76. The lowest BCUT2D eigenvalue weighted by atomic mass is 10.2. The number of halogens is 1. The largest absolute Gasteiger partial charge is 0.469 e. The molecule has 0 aliphatic carbocycles. The molecule has 0 heterocycles. The Labute approximate surface area is 87.0 Å². The quantitative estimate of drug-likeness (QED) is 0.561. The molecular formula is C10H13BrO2. The van der Waals surface area contributed by atoms with E-state index in [1.54, 1.807) is 0 Å². The molecule has 0 saturated carbocycles. The van der Waals surface area contributed by atoms with Gasteiger partial charge in [-0.05, 0) is 5.56 Å². The minimum Gasteiger partial charge on any atom is -0.469 e. The number of carbonyl (C=O) groups excluding carboxylic acids is 1. The molecule has 0 aliphatic rings. The van der Waals surface area contributed by atoms with Gasteiger partial charge in [-0.15, -0.1) is 0 Å². The average Bonchev–Trinajstić information content (AvgIpc) is 2.20. The third-order valence-corrected chi connectivity index (χ3v) is 1.93. The predicted molar refractivity (Wildman–Crippen MR) is 56.8 cm³/mol. The van der Waals surface area contributed by atoms with E-state index in [4.69, 9.17) is 0 Å². The van der Waals surface area contributed by atoms with Crippen LogP contribution in [0, 0.1) is 0 Å². The molecule has 0 bridgehead atoms. The van der Waals surface area contributed by atoms with Crippen LogP contribution in [-0.2, 0) is 14.9 Å². The molecule has 0 saturated heterocycles. The van der Waals surface area contributed by atoms with E-state index >= 15 is 0 Å². The van der Waals surface area contributed by atoms with Crippen molar-refractivity contribution in [1.82, 2.24) is 0 Å². The smallest absolute Gasteiger partial charge is 0.302 e. The fraction of sp³-hybridized carbons (Fsp3) is 0.300. The minimum atomic E-state index is -0.245. The van der Waals surface area contributed by atoms with Crippen LogP contribution in [0.5, 0.6) is 0 Å². The maximum absolute atomic E-state index is 9.59. The normalized spacial score (nSPS) is 8.23. The van der Waals surface area contributed by atoms with Gasteiger partial charge in [-0.1, -0.05) is 46.3 Å². The number of methoxy groups -OCH3 is 1. The lowest BCUT2D eigenvalue weighted by Gasteiger charge is -1.88. The summed E-state index contributed by atoms with van der Waals surface area (Å²) >= 11 is 3.36. The highest BCUT2D eigenvalue weighted by Crippen LogP contribution is 2.02. The van der Waals surface area contributed by atoms with Crippen LogP contribution < -0.4 is 0 Å². The summed E-state index contributed by atoms with van der Waals surface area (Å²) < 4.78 is 4.11. The fourth-order valence-corrected chi connectivity index (χ4v) is 0.941. The molecule has 1 aromatic carbocycles. The SMILES string of the molecule is BrCc1ccccc1.COC(C)=O. The average molecular weight is 245 g/mol. The van der Waals surface area contributed by atoms with E-state index in [-0.39, 0.29) is 5.97 Å². The van der Waals surface area contributed by atoms with Gasteiger partial charge in [0.05, 0.1) is 7.11 Å². The van der Waals surface area contributed by atoms with Gasteiger partial charge >= 0.3 is 5.97 Å². The van der Waals surface area contributed by atoms with E-state index < -0.39 is 0 Å². The van der Waals surface area contributed by atoms with Crippen LogP contribution in [0.2, 0.25) is 0 Å². The Morgan fingerprint density at radius 2 is 1.85 bits per heavy atom. The first-order chi connectivity index (χ1) is 6.20. The molecule has 0 aromatic heterocycles. The summed E-state index contributed by atoms with van der Waals surface area (Å²) in [5.41, 5.74) is 1.33. The first-order valence-corrected chi connectivity index (χ1v) is 4.97. The second-order valence-corrected chi connectivity index (χ2v) is 2.88. The van der Waals surface area contributed by atoms with Crippen molar-refractivity contribution in [3.05, 3.63) is 35.9 Å². The van der Waals surface area contributed by atoms with Crippen LogP contribution in [-0.4, -0.2) is 13.1 Å². The second-order valence-electron chi connectivity index (χ2n) is 2.31. The molecule has 2 nitrogen and oxygen atoms in total. The van der Waals surface area contributed by atoms with Gasteiger partial charge in [0.25, 0.3) is 0 Å². The van der Waals surface area contributed by atoms with Gasteiger partial charge in [-0.2, -0.15) is 0 Å². The van der Waals surface area contributed by atoms with E-state index in [2.05, 4.69) is 32.8 Å². The molecule has 13 heavy (non-hydrogen) atoms. The Bertz CT molecular complexity index is 234. The summed E-state index contributed by atoms with van der Waals surface area (Å²) in [6.45, 7) is 1.36. The van der Waals surface area contributed by atoms with Gasteiger partial charge in [0.2, 0.25) is 0 Å². The summed E-state index contributed by atoms with van der Waals surface area (Å²) in [5.74, 6) is -0.245. The highest BCUT2D eigenvalue weighted by molar-refractivity contribution is 9.08. The molecule has 0 fully saturated rings. The molecule has 0 N–H and O–H groups in total. The van der Waals surface area contributed by atoms with E-state index in [0.717, 1.165) is 5.33 Å². The number of benzene rings is 1. The van der Waals surface area contributed by atoms with Crippen molar-refractivity contribution in [3.63, 3.8) is 0 Å². The van der Waals surface area contributed by atoms with Crippen LogP contribution in [0.15, 0.2) is 30.3 Å². The number of rotatable bonds is 1. The third-order valence-electron chi connectivity index (χ3n) is 1.28. The highest BCUT2D eigenvalue weighted by atomic mass is 79.9. The molecule has 0 unspecified atom stereocenters. The molecule has 72 valence electrons. The summed E-state index contributed by atoms with van der Waals surface area (Å²) in [6, 6.07) is 10.3. The number of carbonyl (C=O) groups is 1. The minimum absolute atomic E-state index is 0.245. The Kier molecular flexibility index (Phi) is 7.30. The number of hydrogen-bond donors (Lipinski definition) is 0. The maximum atomic E-state index is 9.59. The van der Waals surface area contributed by atoms with Crippen LogP contribution in [0.25, 0.3) is 0 Å². The van der Waals surface area contributed by atoms with Crippen LogP contribution in [0.1, 0.15) is 12.5 Å². The zero-order valence-electron chi connectivity index (χ0n) is 7.79. The van der Waals surface area contributed by atoms with Gasteiger partial charge in [-0.3, -0.25) is 4.79 Å². The van der Waals surface area contributed by atoms with Crippen LogP contribution in [0.4, 0.5) is 0 Å². The summed E-state index contributed by atoms with van der Waals surface area (Å²) in [7, 11) is 1.35. The molecule has 0 amide bonds. The van der Waals surface area contributed by atoms with Gasteiger partial charge in [0.1, 0.15) is 0 Å². The van der Waals surface area contributed by atoms with E-state index in [9.17, 15) is 4.79 Å². The molecule has 0 aliphatic heterocycles. The van der Waals surface area contributed by atoms with Crippen molar-refractivity contribution in [2.24, 2.45) is 0 Å². The number of alkyl halides is 1. The topological polar surface area (TPSA) is 26.3 Å². The van der Waals surface area contributed by atoms with Gasteiger partial charge in [-0.25, -0.2) is 0 Å². The maximum Gasteiger partial charge on any atom is 0.302 e. The van der Waals surface area contributed by atoms with Crippen molar-refractivity contribution in [3.8, 4) is 0 Å². The summed E-state index contributed by atoms with van der Waals surface area (Å²) in [4.78, 5) is 9.59. The first-order valence-electron chi connectivity index (χ1n) is 3.85. The molecule has 1 rings (SSSR count). The Balaban J connectivity index is 0.000000252. The van der Waals surface area contributed by atoms with Gasteiger partial charge < -0.3 is 4.74 Å². The Hall–Kier alpha value is -0.830. The molecular weight excluding hydrogens is 232 g/mol. The van der Waals surface area contributed by atoms with Crippen molar-refractivity contribution in [2.75, 3.05) is 7.11 Å². The number of hydrogen-bond acceptors (Lipinski definition) is 2. The standard InChI is InChI=1S/C7H7Br.C3H6O2/c8-6-7-4-2-1-3-5-7;1-3(4)5-2/h1-5H,6H2;1-2H3. The van der Waals surface area contributed by atoms with Crippen LogP contribution in [0.3, 0.4) is 0 Å². The third kappa shape index (κ3) is 7.53. The van der Waals surface area contributed by atoms with Crippen molar-refractivity contribution < 1.29 is 9.53 Å². The van der Waals surface area contributed by atoms with Gasteiger partial charge in [0, 0.05) is 12.3 Å². The first kappa shape index (κ1) is 12.2. The van der Waals surface area contributed by atoms with E-state index in [1.807, 2.05) is 18.2 Å². The van der Waals surface area contributed by atoms with Gasteiger partial charge in [0.15, 0.2) is 0 Å². The molecule has 0 radical (unpaired) electrons. The fourth-order valence-electron chi connectivity index (χ4n) is 0.567. The molecule has 3 heteroatoms. The zero-order chi connectivity index (χ0) is 10.1. The highest BCUT2D eigenvalue weighted by Gasteiger charge is 1.81. The molecule has 0 spiro atoms. The lowest BCUT2D eigenvalue weighted by Crippen LogP contribution is -1.88. The number of esters is 1. The van der Waals surface area contributed by atoms with Crippen molar-refractivity contribution in [1.29, 1.82) is 0 Å². The van der Waals surface area contributed by atoms with Crippen molar-refractivity contribution >= 4 is 21.9 Å². The Morgan fingerprint density at radius 3 is 2.08 bits per heavy atom. The Morgan fingerprint density at radius 1 is 1.38 bits per heavy atom. The lowest BCUT2D eigenvalue weighted by molar-refractivity contribution is -0.137. The summed E-state index contributed by atoms with van der Waals surface area (Å²) in [6.07, 6.45) is 0. The molecule has 0 atom stereocenters. The molecule has 1 aromatic rings.